The lowest BCUT2D eigenvalue weighted by Crippen LogP contribution is -1.96. The van der Waals surface area contributed by atoms with Crippen LogP contribution in [0.2, 0.25) is 0 Å². The molecule has 0 spiro atoms. The van der Waals surface area contributed by atoms with Gasteiger partial charge in [0.25, 0.3) is 8.89 Å². The highest BCUT2D eigenvalue weighted by molar-refractivity contribution is 8.86. The van der Waals surface area contributed by atoms with Crippen LogP contribution in [0.25, 0.3) is 0 Å². The number of carbonyl (C=O) groups excluding carboxylic acids is 2. The first-order valence-corrected chi connectivity index (χ1v) is 19.9. The van der Waals surface area contributed by atoms with Gasteiger partial charge in [-0.15, -0.1) is 0 Å². The molecule has 0 bridgehead atoms. The molecule has 4 nitrogen and oxygen atoms in total. The van der Waals surface area contributed by atoms with Crippen molar-refractivity contribution in [3.05, 3.63) is 0 Å². The highest BCUT2D eigenvalue weighted by Crippen LogP contribution is 2.31. The van der Waals surface area contributed by atoms with Gasteiger partial charge in [0.2, 0.25) is 0 Å². The molecule has 0 amide bonds. The van der Waals surface area contributed by atoms with Crippen molar-refractivity contribution in [2.45, 2.75) is 143 Å². The average molecular weight is 619 g/mol. The summed E-state index contributed by atoms with van der Waals surface area (Å²) in [5.41, 5.74) is 0. The molecule has 0 heterocycles. The van der Waals surface area contributed by atoms with E-state index in [0.29, 0.717) is 0 Å². The molecule has 36 heavy (non-hydrogen) atoms. The Morgan fingerprint density at radius 3 is 0.972 bits per heavy atom. The minimum absolute atomic E-state index is 0.0489. The van der Waals surface area contributed by atoms with Gasteiger partial charge in [-0.2, -0.15) is 0 Å². The molecule has 0 rings (SSSR count). The van der Waals surface area contributed by atoms with Crippen molar-refractivity contribution in [3.8, 4) is 0 Å². The molecule has 0 fully saturated rings. The third-order valence-electron chi connectivity index (χ3n) is 5.08. The molecule has 0 aliphatic rings. The van der Waals surface area contributed by atoms with E-state index in [1.165, 1.54) is 124 Å². The summed E-state index contributed by atoms with van der Waals surface area (Å²) in [5, 5.41) is 0. The molecule has 0 aromatic heterocycles. The van der Waals surface area contributed by atoms with Crippen molar-refractivity contribution >= 4 is 76.2 Å². The third-order valence-corrected chi connectivity index (χ3v) is 11.9. The smallest absolute Gasteiger partial charge is 0.283 e. The lowest BCUT2D eigenvalue weighted by molar-refractivity contribution is 0.266. The van der Waals surface area contributed by atoms with Crippen LogP contribution in [-0.4, -0.2) is 32.6 Å². The molecule has 0 aromatic carbocycles. The van der Waals surface area contributed by atoms with Crippen LogP contribution in [0.3, 0.4) is 0 Å². The van der Waals surface area contributed by atoms with E-state index in [0.717, 1.165) is 35.6 Å². The van der Waals surface area contributed by atoms with Crippen LogP contribution in [0.4, 0.5) is 9.59 Å². The molecule has 0 unspecified atom stereocenters. The minimum Gasteiger partial charge on any atom is -0.305 e. The van der Waals surface area contributed by atoms with E-state index in [1.807, 2.05) is 27.7 Å². The second kappa shape index (κ2) is 29.3. The minimum atomic E-state index is 0.0489. The molecular formula is C26H50O4S6. The zero-order valence-electron chi connectivity index (χ0n) is 23.0. The average Bonchev–Trinajstić information content (AvgIpc) is 2.84. The van der Waals surface area contributed by atoms with Crippen LogP contribution in [0.5, 0.6) is 0 Å². The predicted molar refractivity (Wildman–Crippen MR) is 172 cm³/mol. The molecule has 0 saturated heterocycles. The first-order chi connectivity index (χ1) is 17.4. The summed E-state index contributed by atoms with van der Waals surface area (Å²) in [7, 11) is 5.93. The Bertz CT molecular complexity index is 465. The van der Waals surface area contributed by atoms with E-state index in [2.05, 4.69) is 0 Å². The Morgan fingerprint density at radius 2 is 0.722 bits per heavy atom. The predicted octanol–water partition coefficient (Wildman–Crippen LogP) is 12.4. The number of hydrogen-bond donors (Lipinski definition) is 0. The van der Waals surface area contributed by atoms with E-state index < -0.39 is 0 Å². The normalized spacial score (nSPS) is 11.6. The maximum atomic E-state index is 11.6. The van der Waals surface area contributed by atoms with Gasteiger partial charge in [-0.3, -0.25) is 9.59 Å². The SMILES string of the molecule is CC(C)OSC(=O)SSCCCCCCCCCCCCCCCCCCSSC(=O)SOC(C)C. The van der Waals surface area contributed by atoms with Crippen LogP contribution >= 0.6 is 67.3 Å². The maximum Gasteiger partial charge on any atom is 0.283 e. The second-order valence-electron chi connectivity index (χ2n) is 9.42. The van der Waals surface area contributed by atoms with Crippen molar-refractivity contribution in [3.63, 3.8) is 0 Å². The Labute approximate surface area is 246 Å². The fraction of sp³-hybridized carbons (Fsp3) is 0.923. The van der Waals surface area contributed by atoms with Crippen LogP contribution < -0.4 is 0 Å². The highest BCUT2D eigenvalue weighted by atomic mass is 33.1. The molecule has 0 aromatic rings. The van der Waals surface area contributed by atoms with Crippen molar-refractivity contribution in [1.29, 1.82) is 0 Å². The molecule has 0 N–H and O–H groups in total. The van der Waals surface area contributed by atoms with Gasteiger partial charge in [-0.1, -0.05) is 111 Å². The van der Waals surface area contributed by atoms with Gasteiger partial charge in [-0.25, -0.2) is 0 Å². The summed E-state index contributed by atoms with van der Waals surface area (Å²) < 4.78 is 10.6. The quantitative estimate of drug-likeness (QED) is 0.0561. The summed E-state index contributed by atoms with van der Waals surface area (Å²) in [6, 6.07) is 0. The maximum absolute atomic E-state index is 11.6. The lowest BCUT2D eigenvalue weighted by Gasteiger charge is -2.05. The van der Waals surface area contributed by atoms with Gasteiger partial charge >= 0.3 is 0 Å². The van der Waals surface area contributed by atoms with Crippen molar-refractivity contribution in [1.82, 2.24) is 0 Å². The van der Waals surface area contributed by atoms with E-state index in [-0.39, 0.29) is 21.1 Å². The van der Waals surface area contributed by atoms with E-state index >= 15 is 0 Å². The zero-order chi connectivity index (χ0) is 26.7. The first kappa shape index (κ1) is 37.4. The van der Waals surface area contributed by atoms with Crippen molar-refractivity contribution in [2.24, 2.45) is 0 Å². The van der Waals surface area contributed by atoms with Crippen LogP contribution in [-0.2, 0) is 8.37 Å². The Morgan fingerprint density at radius 1 is 0.472 bits per heavy atom. The molecule has 0 aliphatic carbocycles. The highest BCUT2D eigenvalue weighted by Gasteiger charge is 2.07. The summed E-state index contributed by atoms with van der Waals surface area (Å²) >= 11 is 1.94. The molecular weight excluding hydrogens is 569 g/mol. The standard InChI is InChI=1S/C26H50O4S6/c1-23(2)29-33-25(27)35-31-21-19-17-15-13-11-9-7-5-6-8-10-12-14-16-18-20-22-32-36-26(28)34-30-24(3)4/h23-24H,5-22H2,1-4H3. The van der Waals surface area contributed by atoms with Gasteiger partial charge in [-0.05, 0) is 62.1 Å². The van der Waals surface area contributed by atoms with Gasteiger partial charge < -0.3 is 8.37 Å². The molecule has 214 valence electrons. The van der Waals surface area contributed by atoms with Crippen LogP contribution in [0.15, 0.2) is 0 Å². The molecule has 0 radical (unpaired) electrons. The monoisotopic (exact) mass is 618 g/mol. The van der Waals surface area contributed by atoms with E-state index in [9.17, 15) is 9.59 Å². The third kappa shape index (κ3) is 31.6. The van der Waals surface area contributed by atoms with Crippen LogP contribution in [0, 0.1) is 0 Å². The van der Waals surface area contributed by atoms with Gasteiger partial charge in [0, 0.05) is 11.5 Å². The van der Waals surface area contributed by atoms with Gasteiger partial charge in [0.15, 0.2) is 0 Å². The summed E-state index contributed by atoms with van der Waals surface area (Å²) in [6.07, 6.45) is 21.6. The van der Waals surface area contributed by atoms with Crippen molar-refractivity contribution in [2.75, 3.05) is 11.5 Å². The molecule has 10 heteroatoms. The zero-order valence-corrected chi connectivity index (χ0v) is 27.9. The van der Waals surface area contributed by atoms with Gasteiger partial charge in [0.1, 0.15) is 0 Å². The summed E-state index contributed by atoms with van der Waals surface area (Å²) in [6.45, 7) is 7.74. The van der Waals surface area contributed by atoms with E-state index in [1.54, 1.807) is 21.6 Å². The van der Waals surface area contributed by atoms with Gasteiger partial charge in [0.05, 0.1) is 36.3 Å². The first-order valence-electron chi connectivity index (χ1n) is 13.7. The number of carbonyl (C=O) groups is 2. The lowest BCUT2D eigenvalue weighted by atomic mass is 10.0. The second-order valence-corrected chi connectivity index (χ2v) is 16.2. The Hall–Kier alpha value is 1.36. The Balaban J connectivity index is 3.14. The number of unbranched alkanes of at least 4 members (excludes halogenated alkanes) is 15. The summed E-state index contributed by atoms with van der Waals surface area (Å²) in [5.74, 6) is 2.10. The van der Waals surface area contributed by atoms with E-state index in [4.69, 9.17) is 8.37 Å². The van der Waals surface area contributed by atoms with Crippen molar-refractivity contribution < 1.29 is 18.0 Å². The number of rotatable bonds is 25. The fourth-order valence-corrected chi connectivity index (χ4v) is 8.43. The largest absolute Gasteiger partial charge is 0.305 e. The fourth-order valence-electron chi connectivity index (χ4n) is 3.28. The van der Waals surface area contributed by atoms with Crippen LogP contribution in [0.1, 0.15) is 130 Å². The molecule has 0 atom stereocenters. The molecule has 0 saturated carbocycles. The topological polar surface area (TPSA) is 52.6 Å². The number of hydrogen-bond acceptors (Lipinski definition) is 10. The summed E-state index contributed by atoms with van der Waals surface area (Å²) in [4.78, 5) is 23.1. The molecule has 0 aliphatic heterocycles. The Kier molecular flexibility index (Phi) is 30.5.